The van der Waals surface area contributed by atoms with Gasteiger partial charge in [-0.1, -0.05) is 6.07 Å². The van der Waals surface area contributed by atoms with Gasteiger partial charge in [0.2, 0.25) is 0 Å². The van der Waals surface area contributed by atoms with Gasteiger partial charge in [-0.05, 0) is 68.7 Å². The van der Waals surface area contributed by atoms with E-state index in [0.29, 0.717) is 22.6 Å². The molecule has 0 saturated carbocycles. The monoisotopic (exact) mass is 274 g/mol. The minimum absolute atomic E-state index is 0.340. The second-order valence-electron chi connectivity index (χ2n) is 5.16. The zero-order valence-corrected chi connectivity index (χ0v) is 12.2. The van der Waals surface area contributed by atoms with Crippen LogP contribution in [0.5, 0.6) is 11.5 Å². The Morgan fingerprint density at radius 1 is 1.00 bits per heavy atom. The first-order valence-corrected chi connectivity index (χ1v) is 6.61. The molecular formula is C17H19FO2. The number of hydrogen-bond donors (Lipinski definition) is 1. The second kappa shape index (κ2) is 5.63. The summed E-state index contributed by atoms with van der Waals surface area (Å²) in [4.78, 5) is 0. The van der Waals surface area contributed by atoms with Crippen LogP contribution < -0.4 is 4.74 Å². The number of aliphatic hydroxyl groups is 1. The van der Waals surface area contributed by atoms with Gasteiger partial charge in [-0.2, -0.15) is 0 Å². The highest BCUT2D eigenvalue weighted by Crippen LogP contribution is 2.32. The number of aryl methyl sites for hydroxylation is 3. The zero-order chi connectivity index (χ0) is 14.9. The van der Waals surface area contributed by atoms with Gasteiger partial charge in [0.1, 0.15) is 17.3 Å². The summed E-state index contributed by atoms with van der Waals surface area (Å²) in [5.41, 5.74) is 3.25. The number of ether oxygens (including phenoxy) is 1. The number of benzene rings is 2. The average Bonchev–Trinajstić information content (AvgIpc) is 2.37. The van der Waals surface area contributed by atoms with Crippen LogP contribution in [0, 0.1) is 26.6 Å². The van der Waals surface area contributed by atoms with E-state index in [2.05, 4.69) is 0 Å². The highest BCUT2D eigenvalue weighted by molar-refractivity contribution is 5.43. The van der Waals surface area contributed by atoms with Gasteiger partial charge < -0.3 is 9.84 Å². The average molecular weight is 274 g/mol. The number of aliphatic hydroxyl groups excluding tert-OH is 1. The van der Waals surface area contributed by atoms with E-state index >= 15 is 0 Å². The number of halogens is 1. The van der Waals surface area contributed by atoms with Gasteiger partial charge in [0, 0.05) is 5.56 Å². The molecule has 0 bridgehead atoms. The van der Waals surface area contributed by atoms with Crippen LogP contribution in [0.4, 0.5) is 4.39 Å². The van der Waals surface area contributed by atoms with Crippen LogP contribution in [-0.4, -0.2) is 5.11 Å². The summed E-state index contributed by atoms with van der Waals surface area (Å²) in [6, 6.07) is 8.72. The molecule has 0 aliphatic heterocycles. The standard InChI is InChI=1S/C17H19FO2/c1-10-5-6-14(7-11(10)2)20-17-8-12(3)16(18)9-15(17)13(4)19/h5-9,13,19H,1-4H3/t13-/m0/s1. The molecule has 0 unspecified atom stereocenters. The molecule has 0 saturated heterocycles. The van der Waals surface area contributed by atoms with Gasteiger partial charge in [-0.3, -0.25) is 0 Å². The Morgan fingerprint density at radius 3 is 2.30 bits per heavy atom. The molecule has 0 spiro atoms. The molecule has 1 N–H and O–H groups in total. The molecule has 0 fully saturated rings. The van der Waals surface area contributed by atoms with Crippen molar-refractivity contribution in [2.75, 3.05) is 0 Å². The van der Waals surface area contributed by atoms with Crippen LogP contribution in [0.2, 0.25) is 0 Å². The van der Waals surface area contributed by atoms with Gasteiger partial charge in [0.15, 0.2) is 0 Å². The maximum atomic E-state index is 13.6. The summed E-state index contributed by atoms with van der Waals surface area (Å²) in [6.07, 6.45) is -0.786. The highest BCUT2D eigenvalue weighted by Gasteiger charge is 2.14. The largest absolute Gasteiger partial charge is 0.457 e. The highest BCUT2D eigenvalue weighted by atomic mass is 19.1. The quantitative estimate of drug-likeness (QED) is 0.886. The summed E-state index contributed by atoms with van der Waals surface area (Å²) in [5, 5.41) is 9.75. The summed E-state index contributed by atoms with van der Waals surface area (Å²) in [7, 11) is 0. The Labute approximate surface area is 118 Å². The first kappa shape index (κ1) is 14.5. The van der Waals surface area contributed by atoms with Crippen LogP contribution >= 0.6 is 0 Å². The lowest BCUT2D eigenvalue weighted by Gasteiger charge is -2.15. The van der Waals surface area contributed by atoms with E-state index < -0.39 is 6.10 Å². The molecule has 0 radical (unpaired) electrons. The molecule has 2 nitrogen and oxygen atoms in total. The molecule has 20 heavy (non-hydrogen) atoms. The Balaban J connectivity index is 2.41. The fraction of sp³-hybridized carbons (Fsp3) is 0.294. The van der Waals surface area contributed by atoms with Crippen LogP contribution in [-0.2, 0) is 0 Å². The smallest absolute Gasteiger partial charge is 0.133 e. The van der Waals surface area contributed by atoms with E-state index in [-0.39, 0.29) is 5.82 Å². The van der Waals surface area contributed by atoms with Crippen molar-refractivity contribution >= 4 is 0 Å². The van der Waals surface area contributed by atoms with Crippen molar-refractivity contribution in [2.24, 2.45) is 0 Å². The molecule has 0 aromatic heterocycles. The Kier molecular flexibility index (Phi) is 4.09. The lowest BCUT2D eigenvalue weighted by Crippen LogP contribution is -1.99. The summed E-state index contributed by atoms with van der Waals surface area (Å²) in [5.74, 6) is 0.830. The normalized spacial score (nSPS) is 12.3. The molecule has 1 atom stereocenters. The van der Waals surface area contributed by atoms with E-state index in [1.165, 1.54) is 11.6 Å². The third kappa shape index (κ3) is 2.99. The van der Waals surface area contributed by atoms with Crippen molar-refractivity contribution < 1.29 is 14.2 Å². The van der Waals surface area contributed by atoms with E-state index in [1.807, 2.05) is 32.0 Å². The maximum Gasteiger partial charge on any atom is 0.133 e. The molecule has 0 aliphatic rings. The molecule has 3 heteroatoms. The lowest BCUT2D eigenvalue weighted by molar-refractivity contribution is 0.195. The topological polar surface area (TPSA) is 29.5 Å². The van der Waals surface area contributed by atoms with Crippen LogP contribution in [0.25, 0.3) is 0 Å². The van der Waals surface area contributed by atoms with Gasteiger partial charge >= 0.3 is 0 Å². The van der Waals surface area contributed by atoms with Crippen LogP contribution in [0.1, 0.15) is 35.3 Å². The van der Waals surface area contributed by atoms with E-state index in [1.54, 1.807) is 19.9 Å². The van der Waals surface area contributed by atoms with Crippen molar-refractivity contribution in [3.8, 4) is 11.5 Å². The van der Waals surface area contributed by atoms with E-state index in [0.717, 1.165) is 5.56 Å². The maximum absolute atomic E-state index is 13.6. The molecule has 0 heterocycles. The minimum atomic E-state index is -0.786. The van der Waals surface area contributed by atoms with Crippen molar-refractivity contribution in [3.05, 3.63) is 58.4 Å². The molecule has 0 aliphatic carbocycles. The Hall–Kier alpha value is -1.87. The van der Waals surface area contributed by atoms with E-state index in [4.69, 9.17) is 4.74 Å². The van der Waals surface area contributed by atoms with Gasteiger partial charge in [-0.25, -0.2) is 4.39 Å². The third-order valence-electron chi connectivity index (χ3n) is 3.45. The lowest BCUT2D eigenvalue weighted by atomic mass is 10.1. The molecule has 2 rings (SSSR count). The predicted octanol–water partition coefficient (Wildman–Crippen LogP) is 4.60. The number of rotatable bonds is 3. The fourth-order valence-corrected chi connectivity index (χ4v) is 1.99. The fourth-order valence-electron chi connectivity index (χ4n) is 1.99. The molecule has 106 valence electrons. The summed E-state index contributed by atoms with van der Waals surface area (Å²) < 4.78 is 19.4. The second-order valence-corrected chi connectivity index (χ2v) is 5.16. The molecular weight excluding hydrogens is 255 g/mol. The molecule has 2 aromatic rings. The van der Waals surface area contributed by atoms with Crippen molar-refractivity contribution in [3.63, 3.8) is 0 Å². The molecule has 0 amide bonds. The minimum Gasteiger partial charge on any atom is -0.457 e. The molecule has 2 aromatic carbocycles. The Bertz CT molecular complexity index is 633. The first-order valence-electron chi connectivity index (χ1n) is 6.61. The summed E-state index contributed by atoms with van der Waals surface area (Å²) in [6.45, 7) is 7.31. The van der Waals surface area contributed by atoms with Gasteiger partial charge in [-0.15, -0.1) is 0 Å². The Morgan fingerprint density at radius 2 is 1.70 bits per heavy atom. The van der Waals surface area contributed by atoms with E-state index in [9.17, 15) is 9.50 Å². The van der Waals surface area contributed by atoms with Crippen molar-refractivity contribution in [1.82, 2.24) is 0 Å². The third-order valence-corrected chi connectivity index (χ3v) is 3.45. The van der Waals surface area contributed by atoms with Crippen LogP contribution in [0.3, 0.4) is 0 Å². The predicted molar refractivity (Wildman–Crippen MR) is 77.8 cm³/mol. The first-order chi connectivity index (χ1) is 9.38. The van der Waals surface area contributed by atoms with Crippen molar-refractivity contribution in [2.45, 2.75) is 33.8 Å². The zero-order valence-electron chi connectivity index (χ0n) is 12.2. The van der Waals surface area contributed by atoms with Gasteiger partial charge in [0.05, 0.1) is 6.10 Å². The van der Waals surface area contributed by atoms with Crippen molar-refractivity contribution in [1.29, 1.82) is 0 Å². The van der Waals surface area contributed by atoms with Gasteiger partial charge in [0.25, 0.3) is 0 Å². The van der Waals surface area contributed by atoms with Crippen LogP contribution in [0.15, 0.2) is 30.3 Å². The SMILES string of the molecule is Cc1ccc(Oc2cc(C)c(F)cc2[C@H](C)O)cc1C. The summed E-state index contributed by atoms with van der Waals surface area (Å²) >= 11 is 0. The number of hydrogen-bond acceptors (Lipinski definition) is 2.